The van der Waals surface area contributed by atoms with Crippen molar-refractivity contribution < 1.29 is 14.0 Å². The molecule has 2 aromatic carbocycles. The van der Waals surface area contributed by atoms with Gasteiger partial charge in [-0.1, -0.05) is 41.6 Å². The lowest BCUT2D eigenvalue weighted by Gasteiger charge is -2.16. The molecule has 0 atom stereocenters. The Kier molecular flexibility index (Phi) is 9.03. The predicted octanol–water partition coefficient (Wildman–Crippen LogP) is 6.72. The Hall–Kier alpha value is -3.56. The van der Waals surface area contributed by atoms with Gasteiger partial charge in [0.2, 0.25) is 5.88 Å². The minimum absolute atomic E-state index is 0.523. The maximum atomic E-state index is 5.84. The number of hydrogen-bond acceptors (Lipinski definition) is 9. The van der Waals surface area contributed by atoms with Crippen LogP contribution in [-0.2, 0) is 17.9 Å². The molecule has 0 unspecified atom stereocenters. The highest BCUT2D eigenvalue weighted by Gasteiger charge is 2.14. The highest BCUT2D eigenvalue weighted by molar-refractivity contribution is 8.00. The predicted molar refractivity (Wildman–Crippen MR) is 148 cm³/mol. The molecule has 0 radical (unpaired) electrons. The average molecular weight is 520 g/mol. The van der Waals surface area contributed by atoms with Crippen molar-refractivity contribution in [2.24, 2.45) is 0 Å². The average Bonchev–Trinajstić information content (AvgIpc) is 3.22. The largest absolute Gasteiger partial charge is 0.478 e. The maximum absolute atomic E-state index is 5.84. The molecule has 0 saturated heterocycles. The molecule has 0 bridgehead atoms. The molecule has 4 aromatic rings. The fourth-order valence-corrected chi connectivity index (χ4v) is 4.62. The fourth-order valence-electron chi connectivity index (χ4n) is 3.79. The van der Waals surface area contributed by atoms with Crippen LogP contribution in [0.1, 0.15) is 42.1 Å². The number of aromatic nitrogens is 3. The molecule has 4 rings (SSSR count). The highest BCUT2D eigenvalue weighted by atomic mass is 32.2. The van der Waals surface area contributed by atoms with Crippen molar-refractivity contribution in [3.05, 3.63) is 76.8 Å². The first-order valence-corrected chi connectivity index (χ1v) is 13.2. The van der Waals surface area contributed by atoms with Crippen LogP contribution in [0.4, 0.5) is 11.6 Å². The van der Waals surface area contributed by atoms with Crippen LogP contribution in [0.5, 0.6) is 5.88 Å². The van der Waals surface area contributed by atoms with E-state index in [2.05, 4.69) is 61.6 Å². The van der Waals surface area contributed by atoms with Crippen LogP contribution in [0.3, 0.4) is 0 Å². The second-order valence-electron chi connectivity index (χ2n) is 8.47. The van der Waals surface area contributed by atoms with Crippen molar-refractivity contribution in [1.29, 1.82) is 0 Å². The summed E-state index contributed by atoms with van der Waals surface area (Å²) in [5.41, 5.74) is 5.51. The van der Waals surface area contributed by atoms with Crippen LogP contribution in [0, 0.1) is 20.8 Å². The molecule has 0 aliphatic heterocycles. The lowest BCUT2D eigenvalue weighted by Crippen LogP contribution is -2.06. The Morgan fingerprint density at radius 1 is 0.946 bits per heavy atom. The number of benzene rings is 2. The molecule has 0 spiro atoms. The van der Waals surface area contributed by atoms with Crippen LogP contribution in [-0.4, -0.2) is 28.3 Å². The summed E-state index contributed by atoms with van der Waals surface area (Å²) < 4.78 is 20.0. The van der Waals surface area contributed by atoms with E-state index in [1.807, 2.05) is 46.8 Å². The Morgan fingerprint density at radius 2 is 1.78 bits per heavy atom. The third-order valence-electron chi connectivity index (χ3n) is 5.80. The van der Waals surface area contributed by atoms with Gasteiger partial charge in [-0.2, -0.15) is 4.98 Å². The minimum Gasteiger partial charge on any atom is -0.478 e. The van der Waals surface area contributed by atoms with E-state index < -0.39 is 0 Å². The standard InChI is InChI=1S/C28H33N5O3S/c1-6-34-17-22-14-21(16-29-26-15-27(35-7-2)31-20(5)30-26)12-13-23(22)24-10-8-9-11-25(24)37-33-28-18(3)19(4)36-32-28/h8-15H,6-7,16-17H2,1-5H3,(H,32,33)(H,29,30,31). The minimum atomic E-state index is 0.523. The van der Waals surface area contributed by atoms with E-state index in [4.69, 9.17) is 14.0 Å². The number of ether oxygens (including phenoxy) is 2. The van der Waals surface area contributed by atoms with E-state index in [1.54, 1.807) is 0 Å². The quantitative estimate of drug-likeness (QED) is 0.198. The molecule has 2 heterocycles. The first-order valence-electron chi connectivity index (χ1n) is 12.4. The van der Waals surface area contributed by atoms with E-state index in [1.165, 1.54) is 11.9 Å². The van der Waals surface area contributed by atoms with Gasteiger partial charge in [-0.15, -0.1) is 0 Å². The zero-order chi connectivity index (χ0) is 26.2. The zero-order valence-corrected chi connectivity index (χ0v) is 22.7. The smallest absolute Gasteiger partial charge is 0.218 e. The van der Waals surface area contributed by atoms with Gasteiger partial charge in [0.05, 0.1) is 13.2 Å². The van der Waals surface area contributed by atoms with Crippen molar-refractivity contribution in [2.75, 3.05) is 23.3 Å². The number of rotatable bonds is 12. The van der Waals surface area contributed by atoms with E-state index >= 15 is 0 Å². The van der Waals surface area contributed by atoms with Gasteiger partial charge in [0.25, 0.3) is 0 Å². The molecule has 0 amide bonds. The Bertz CT molecular complexity index is 1340. The van der Waals surface area contributed by atoms with Crippen molar-refractivity contribution in [2.45, 2.75) is 52.7 Å². The number of nitrogens with one attached hydrogen (secondary N) is 2. The summed E-state index contributed by atoms with van der Waals surface area (Å²) in [5.74, 6) is 3.52. The number of hydrogen-bond donors (Lipinski definition) is 2. The normalized spacial score (nSPS) is 10.9. The van der Waals surface area contributed by atoms with E-state index in [0.29, 0.717) is 38.1 Å². The van der Waals surface area contributed by atoms with Crippen molar-refractivity contribution in [1.82, 2.24) is 15.1 Å². The maximum Gasteiger partial charge on any atom is 0.218 e. The molecule has 8 nitrogen and oxygen atoms in total. The molecule has 0 aliphatic rings. The Morgan fingerprint density at radius 3 is 2.54 bits per heavy atom. The third kappa shape index (κ3) is 6.81. The summed E-state index contributed by atoms with van der Waals surface area (Å²) in [5, 5.41) is 7.52. The molecule has 0 aliphatic carbocycles. The molecule has 2 N–H and O–H groups in total. The lowest BCUT2D eigenvalue weighted by molar-refractivity contribution is 0.134. The van der Waals surface area contributed by atoms with Crippen LogP contribution in [0.15, 0.2) is 57.9 Å². The summed E-state index contributed by atoms with van der Waals surface area (Å²) in [6.45, 7) is 12.1. The third-order valence-corrected chi connectivity index (χ3v) is 6.68. The number of nitrogens with zero attached hydrogens (tertiary/aromatic N) is 3. The molecular formula is C28H33N5O3S. The van der Waals surface area contributed by atoms with Gasteiger partial charge in [0.15, 0.2) is 5.82 Å². The monoisotopic (exact) mass is 519 g/mol. The Labute approximate surface area is 222 Å². The van der Waals surface area contributed by atoms with Crippen molar-refractivity contribution >= 4 is 23.6 Å². The van der Waals surface area contributed by atoms with Crippen LogP contribution in [0.2, 0.25) is 0 Å². The van der Waals surface area contributed by atoms with Gasteiger partial charge in [0, 0.05) is 29.7 Å². The molecule has 9 heteroatoms. The van der Waals surface area contributed by atoms with E-state index in [-0.39, 0.29) is 0 Å². The summed E-state index contributed by atoms with van der Waals surface area (Å²) >= 11 is 1.52. The van der Waals surface area contributed by atoms with Crippen LogP contribution >= 0.6 is 11.9 Å². The topological polar surface area (TPSA) is 94.3 Å². The molecule has 0 fully saturated rings. The van der Waals surface area contributed by atoms with E-state index in [0.717, 1.165) is 50.1 Å². The van der Waals surface area contributed by atoms with Gasteiger partial charge >= 0.3 is 0 Å². The Balaban J connectivity index is 1.56. The first kappa shape index (κ1) is 26.5. The zero-order valence-electron chi connectivity index (χ0n) is 21.9. The molecule has 0 saturated carbocycles. The van der Waals surface area contributed by atoms with Gasteiger partial charge in [0.1, 0.15) is 17.4 Å². The van der Waals surface area contributed by atoms with Gasteiger partial charge in [-0.25, -0.2) is 4.98 Å². The summed E-state index contributed by atoms with van der Waals surface area (Å²) in [6, 6.07) is 16.6. The second-order valence-corrected chi connectivity index (χ2v) is 9.31. The van der Waals surface area contributed by atoms with Gasteiger partial charge in [-0.05, 0) is 74.9 Å². The van der Waals surface area contributed by atoms with Crippen molar-refractivity contribution in [3.63, 3.8) is 0 Å². The fraction of sp³-hybridized carbons (Fsp3) is 0.321. The molecule has 37 heavy (non-hydrogen) atoms. The second kappa shape index (κ2) is 12.6. The number of anilines is 2. The van der Waals surface area contributed by atoms with Gasteiger partial charge in [-0.3, -0.25) is 0 Å². The summed E-state index contributed by atoms with van der Waals surface area (Å²) in [4.78, 5) is 9.89. The highest BCUT2D eigenvalue weighted by Crippen LogP contribution is 2.35. The number of aryl methyl sites for hydroxylation is 2. The molecule has 2 aromatic heterocycles. The first-order chi connectivity index (χ1) is 18.0. The summed E-state index contributed by atoms with van der Waals surface area (Å²) in [7, 11) is 0. The molecular weight excluding hydrogens is 486 g/mol. The lowest BCUT2D eigenvalue weighted by atomic mass is 9.97. The van der Waals surface area contributed by atoms with E-state index in [9.17, 15) is 0 Å². The van der Waals surface area contributed by atoms with Crippen molar-refractivity contribution in [3.8, 4) is 17.0 Å². The van der Waals surface area contributed by atoms with Crippen LogP contribution in [0.25, 0.3) is 11.1 Å². The summed E-state index contributed by atoms with van der Waals surface area (Å²) in [6.07, 6.45) is 0. The SMILES string of the molecule is CCOCc1cc(CNc2cc(OCC)nc(C)n2)ccc1-c1ccccc1SNc1noc(C)c1C. The van der Waals surface area contributed by atoms with Crippen LogP contribution < -0.4 is 14.8 Å². The van der Waals surface area contributed by atoms with Gasteiger partial charge < -0.3 is 24.0 Å². The molecule has 194 valence electrons.